The van der Waals surface area contributed by atoms with Crippen LogP contribution in [0.15, 0.2) is 18.2 Å². The minimum absolute atomic E-state index is 0.165. The zero-order valence-electron chi connectivity index (χ0n) is 13.0. The molecule has 1 aromatic rings. The molecule has 1 aromatic carbocycles. The monoisotopic (exact) mass is 291 g/mol. The predicted molar refractivity (Wildman–Crippen MR) is 81.9 cm³/mol. The third-order valence-corrected chi connectivity index (χ3v) is 5.00. The van der Waals surface area contributed by atoms with Crippen molar-refractivity contribution >= 4 is 0 Å². The van der Waals surface area contributed by atoms with Gasteiger partial charge in [0.15, 0.2) is 11.5 Å². The van der Waals surface area contributed by atoms with Crippen LogP contribution in [0.25, 0.3) is 0 Å². The number of nitrogens with zero attached hydrogens (tertiary/aromatic N) is 1. The molecule has 0 radical (unpaired) electrons. The number of benzene rings is 1. The minimum Gasteiger partial charge on any atom is -0.486 e. The molecule has 21 heavy (non-hydrogen) atoms. The number of hydrogen-bond donors (Lipinski definition) is 1. The van der Waals surface area contributed by atoms with Gasteiger partial charge in [-0.3, -0.25) is 0 Å². The summed E-state index contributed by atoms with van der Waals surface area (Å²) in [4.78, 5) is 2.20. The van der Waals surface area contributed by atoms with Crippen molar-refractivity contribution in [3.05, 3.63) is 23.8 Å². The lowest BCUT2D eigenvalue weighted by Gasteiger charge is -2.46. The molecule has 0 spiro atoms. The number of hydrogen-bond acceptors (Lipinski definition) is 4. The van der Waals surface area contributed by atoms with E-state index in [0.29, 0.717) is 13.2 Å². The average Bonchev–Trinajstić information content (AvgIpc) is 2.54. The van der Waals surface area contributed by atoms with Gasteiger partial charge in [-0.1, -0.05) is 25.3 Å². The van der Waals surface area contributed by atoms with E-state index >= 15 is 0 Å². The maximum atomic E-state index is 11.0. The molecule has 1 N–H and O–H groups in total. The number of aliphatic hydroxyl groups is 1. The molecule has 1 aliphatic heterocycles. The van der Waals surface area contributed by atoms with Crippen LogP contribution in [-0.2, 0) is 0 Å². The fourth-order valence-corrected chi connectivity index (χ4v) is 3.67. The highest BCUT2D eigenvalue weighted by molar-refractivity contribution is 5.45. The molecule has 1 atom stereocenters. The Labute approximate surface area is 126 Å². The number of rotatable bonds is 3. The Hall–Kier alpha value is -1.26. The van der Waals surface area contributed by atoms with Crippen LogP contribution in [0.1, 0.15) is 43.8 Å². The quantitative estimate of drug-likeness (QED) is 0.930. The maximum absolute atomic E-state index is 11.0. The summed E-state index contributed by atoms with van der Waals surface area (Å²) in [6.07, 6.45) is 5.21. The van der Waals surface area contributed by atoms with E-state index in [-0.39, 0.29) is 5.54 Å². The Morgan fingerprint density at radius 2 is 1.71 bits per heavy atom. The average molecular weight is 291 g/mol. The zero-order chi connectivity index (χ0) is 14.9. The maximum Gasteiger partial charge on any atom is 0.161 e. The van der Waals surface area contributed by atoms with Crippen molar-refractivity contribution in [2.75, 3.05) is 27.3 Å². The first kappa shape index (κ1) is 14.7. The Morgan fingerprint density at radius 1 is 1.05 bits per heavy atom. The van der Waals surface area contributed by atoms with Crippen molar-refractivity contribution in [2.24, 2.45) is 0 Å². The van der Waals surface area contributed by atoms with Crippen molar-refractivity contribution in [3.63, 3.8) is 0 Å². The second-order valence-corrected chi connectivity index (χ2v) is 6.36. The van der Waals surface area contributed by atoms with Crippen LogP contribution in [0.5, 0.6) is 11.5 Å². The fourth-order valence-electron chi connectivity index (χ4n) is 3.67. The van der Waals surface area contributed by atoms with Crippen molar-refractivity contribution in [1.82, 2.24) is 4.90 Å². The highest BCUT2D eigenvalue weighted by Gasteiger charge is 2.42. The minimum atomic E-state index is -0.497. The van der Waals surface area contributed by atoms with Crippen molar-refractivity contribution in [2.45, 2.75) is 43.7 Å². The number of aliphatic hydroxyl groups excluding tert-OH is 1. The van der Waals surface area contributed by atoms with Gasteiger partial charge in [0.05, 0.1) is 11.6 Å². The first-order valence-corrected chi connectivity index (χ1v) is 7.88. The summed E-state index contributed by atoms with van der Waals surface area (Å²) in [5, 5.41) is 11.0. The molecule has 1 heterocycles. The van der Waals surface area contributed by atoms with Crippen LogP contribution in [0.4, 0.5) is 0 Å². The van der Waals surface area contributed by atoms with Crippen LogP contribution in [-0.4, -0.2) is 42.9 Å². The number of ether oxygens (including phenoxy) is 2. The first-order chi connectivity index (χ1) is 10.1. The third-order valence-electron chi connectivity index (χ3n) is 5.00. The summed E-state index contributed by atoms with van der Waals surface area (Å²) in [6.45, 7) is 1.17. The highest BCUT2D eigenvalue weighted by Crippen LogP contribution is 2.43. The van der Waals surface area contributed by atoms with E-state index in [1.807, 2.05) is 18.2 Å². The molecular weight excluding hydrogens is 266 g/mol. The van der Waals surface area contributed by atoms with Crippen molar-refractivity contribution in [3.8, 4) is 11.5 Å². The van der Waals surface area contributed by atoms with Gasteiger partial charge in [0, 0.05) is 0 Å². The molecule has 1 saturated carbocycles. The summed E-state index contributed by atoms with van der Waals surface area (Å²) < 4.78 is 11.2. The van der Waals surface area contributed by atoms with Gasteiger partial charge >= 0.3 is 0 Å². The largest absolute Gasteiger partial charge is 0.486 e. The second kappa shape index (κ2) is 5.85. The molecule has 1 unspecified atom stereocenters. The molecule has 4 heteroatoms. The van der Waals surface area contributed by atoms with E-state index in [1.165, 1.54) is 19.3 Å². The Kier molecular flexibility index (Phi) is 4.09. The van der Waals surface area contributed by atoms with Crippen LogP contribution >= 0.6 is 0 Å². The van der Waals surface area contributed by atoms with Gasteiger partial charge in [-0.15, -0.1) is 0 Å². The summed E-state index contributed by atoms with van der Waals surface area (Å²) in [5.41, 5.74) is 0.761. The van der Waals surface area contributed by atoms with Gasteiger partial charge in [-0.25, -0.2) is 0 Å². The fraction of sp³-hybridized carbons (Fsp3) is 0.647. The van der Waals surface area contributed by atoms with Crippen LogP contribution in [0.2, 0.25) is 0 Å². The molecule has 116 valence electrons. The lowest BCUT2D eigenvalue weighted by Crippen LogP contribution is -2.50. The van der Waals surface area contributed by atoms with E-state index in [4.69, 9.17) is 9.47 Å². The SMILES string of the molecule is CN(C)C1(C(O)c2ccc3c(c2)OCCO3)CCCCC1. The van der Waals surface area contributed by atoms with Gasteiger partial charge in [0.25, 0.3) is 0 Å². The van der Waals surface area contributed by atoms with Gasteiger partial charge < -0.3 is 19.5 Å². The Balaban J connectivity index is 1.90. The molecule has 1 aliphatic carbocycles. The van der Waals surface area contributed by atoms with Crippen LogP contribution in [0, 0.1) is 0 Å². The smallest absolute Gasteiger partial charge is 0.161 e. The number of fused-ring (bicyclic) bond motifs is 1. The van der Waals surface area contributed by atoms with E-state index in [2.05, 4.69) is 19.0 Å². The summed E-state index contributed by atoms with van der Waals surface area (Å²) in [6, 6.07) is 5.83. The Morgan fingerprint density at radius 3 is 2.38 bits per heavy atom. The molecule has 0 amide bonds. The van der Waals surface area contributed by atoms with E-state index < -0.39 is 6.10 Å². The lowest BCUT2D eigenvalue weighted by molar-refractivity contribution is -0.0337. The van der Waals surface area contributed by atoms with Gasteiger partial charge in [0.2, 0.25) is 0 Å². The first-order valence-electron chi connectivity index (χ1n) is 7.88. The van der Waals surface area contributed by atoms with Crippen molar-refractivity contribution in [1.29, 1.82) is 0 Å². The zero-order valence-corrected chi connectivity index (χ0v) is 13.0. The Bertz CT molecular complexity index is 495. The topological polar surface area (TPSA) is 41.9 Å². The van der Waals surface area contributed by atoms with Crippen LogP contribution in [0.3, 0.4) is 0 Å². The van der Waals surface area contributed by atoms with Gasteiger partial charge in [-0.2, -0.15) is 0 Å². The summed E-state index contributed by atoms with van der Waals surface area (Å²) >= 11 is 0. The van der Waals surface area contributed by atoms with E-state index in [0.717, 1.165) is 29.9 Å². The van der Waals surface area contributed by atoms with E-state index in [9.17, 15) is 5.11 Å². The second-order valence-electron chi connectivity index (χ2n) is 6.36. The van der Waals surface area contributed by atoms with E-state index in [1.54, 1.807) is 0 Å². The molecule has 1 fully saturated rings. The number of likely N-dealkylation sites (N-methyl/N-ethyl adjacent to an activating group) is 1. The molecule has 3 rings (SSSR count). The molecule has 4 nitrogen and oxygen atoms in total. The molecule has 0 bridgehead atoms. The highest BCUT2D eigenvalue weighted by atomic mass is 16.6. The summed E-state index contributed by atoms with van der Waals surface area (Å²) in [7, 11) is 4.15. The lowest BCUT2D eigenvalue weighted by atomic mass is 9.74. The molecule has 2 aliphatic rings. The van der Waals surface area contributed by atoms with Crippen molar-refractivity contribution < 1.29 is 14.6 Å². The molecular formula is C17H25NO3. The predicted octanol–water partition coefficient (Wildman–Crippen LogP) is 2.76. The van der Waals surface area contributed by atoms with Crippen LogP contribution < -0.4 is 9.47 Å². The normalized spacial score (nSPS) is 22.1. The summed E-state index contributed by atoms with van der Waals surface area (Å²) in [5.74, 6) is 1.53. The standard InChI is InChI=1S/C17H25NO3/c1-18(2)17(8-4-3-5-9-17)16(19)13-6-7-14-15(12-13)21-11-10-20-14/h6-7,12,16,19H,3-5,8-11H2,1-2H3. The van der Waals surface area contributed by atoms with Gasteiger partial charge in [-0.05, 0) is 44.6 Å². The van der Waals surface area contributed by atoms with Gasteiger partial charge in [0.1, 0.15) is 13.2 Å². The molecule has 0 aromatic heterocycles. The third kappa shape index (κ3) is 2.62. The molecule has 0 saturated heterocycles.